The van der Waals surface area contributed by atoms with Gasteiger partial charge in [0.1, 0.15) is 0 Å². The minimum absolute atomic E-state index is 0.0143. The fourth-order valence-corrected chi connectivity index (χ4v) is 5.25. The minimum atomic E-state index is -1.26. The molecule has 1 aromatic rings. The molecule has 12 heteroatoms. The van der Waals surface area contributed by atoms with Gasteiger partial charge in [-0.2, -0.15) is 0 Å². The molecule has 3 aliphatic rings. The van der Waals surface area contributed by atoms with Gasteiger partial charge in [0.05, 0.1) is 5.92 Å². The maximum atomic E-state index is 13.0. The van der Waals surface area contributed by atoms with Crippen LogP contribution in [0.3, 0.4) is 0 Å². The van der Waals surface area contributed by atoms with Crippen LogP contribution in [0.25, 0.3) is 0 Å². The monoisotopic (exact) mass is 543 g/mol. The number of rotatable bonds is 8. The molecule has 12 nitrogen and oxygen atoms in total. The van der Waals surface area contributed by atoms with Crippen LogP contribution in [0.2, 0.25) is 0 Å². The number of amides is 4. The zero-order chi connectivity index (χ0) is 28.4. The van der Waals surface area contributed by atoms with E-state index in [-0.39, 0.29) is 35.8 Å². The second-order valence-corrected chi connectivity index (χ2v) is 9.89. The van der Waals surface area contributed by atoms with Gasteiger partial charge in [0.25, 0.3) is 0 Å². The van der Waals surface area contributed by atoms with E-state index in [4.69, 9.17) is 10.2 Å². The first-order valence-electron chi connectivity index (χ1n) is 13.2. The van der Waals surface area contributed by atoms with Crippen molar-refractivity contribution in [3.63, 3.8) is 0 Å². The number of carboxylic acids is 2. The molecule has 1 aromatic carbocycles. The highest BCUT2D eigenvalue weighted by Crippen LogP contribution is 2.30. The molecule has 0 aromatic heterocycles. The summed E-state index contributed by atoms with van der Waals surface area (Å²) < 4.78 is 0. The summed E-state index contributed by atoms with van der Waals surface area (Å²) in [7, 11) is 0. The first-order valence-corrected chi connectivity index (χ1v) is 13.2. The first kappa shape index (κ1) is 29.6. The average molecular weight is 544 g/mol. The lowest BCUT2D eigenvalue weighted by Crippen LogP contribution is -2.63. The SMILES string of the molecule is CC(=O)NC1CCC2NC(=O)N(CCCN3CCN(c4ccccc4)CC3)C(=O)C2C1.O=C(O)/C=C\C(=O)O. The van der Waals surface area contributed by atoms with Crippen molar-refractivity contribution in [2.45, 2.75) is 44.7 Å². The van der Waals surface area contributed by atoms with Gasteiger partial charge in [-0.3, -0.25) is 19.4 Å². The summed E-state index contributed by atoms with van der Waals surface area (Å²) in [4.78, 5) is 62.2. The summed E-state index contributed by atoms with van der Waals surface area (Å²) in [5.74, 6) is -2.91. The Labute approximate surface area is 227 Å². The Kier molecular flexibility index (Phi) is 10.9. The minimum Gasteiger partial charge on any atom is -0.478 e. The number of fused-ring (bicyclic) bond motifs is 1. The molecule has 4 N–H and O–H groups in total. The largest absolute Gasteiger partial charge is 0.478 e. The number of carbonyl (C=O) groups is 5. The smallest absolute Gasteiger partial charge is 0.328 e. The van der Waals surface area contributed by atoms with Crippen LogP contribution in [0, 0.1) is 5.92 Å². The second kappa shape index (κ2) is 14.3. The lowest BCUT2D eigenvalue weighted by Gasteiger charge is -2.42. The van der Waals surface area contributed by atoms with Gasteiger partial charge in [0.15, 0.2) is 0 Å². The van der Waals surface area contributed by atoms with E-state index in [2.05, 4.69) is 44.7 Å². The van der Waals surface area contributed by atoms with Crippen LogP contribution in [0.4, 0.5) is 10.5 Å². The maximum Gasteiger partial charge on any atom is 0.328 e. The van der Waals surface area contributed by atoms with E-state index >= 15 is 0 Å². The maximum absolute atomic E-state index is 13.0. The number of nitrogens with zero attached hydrogens (tertiary/aromatic N) is 3. The summed E-state index contributed by atoms with van der Waals surface area (Å²) in [6.45, 7) is 6.77. The average Bonchev–Trinajstić information content (AvgIpc) is 2.91. The van der Waals surface area contributed by atoms with Gasteiger partial charge in [0, 0.05) is 69.6 Å². The second-order valence-electron chi connectivity index (χ2n) is 9.89. The van der Waals surface area contributed by atoms with Gasteiger partial charge in [-0.1, -0.05) is 18.2 Å². The lowest BCUT2D eigenvalue weighted by molar-refractivity contribution is -0.137. The van der Waals surface area contributed by atoms with E-state index in [9.17, 15) is 24.0 Å². The molecular formula is C27H37N5O7. The van der Waals surface area contributed by atoms with Crippen LogP contribution < -0.4 is 15.5 Å². The Morgan fingerprint density at radius 1 is 0.974 bits per heavy atom. The molecule has 3 unspecified atom stereocenters. The van der Waals surface area contributed by atoms with Crippen LogP contribution in [-0.4, -0.2) is 101 Å². The van der Waals surface area contributed by atoms with E-state index < -0.39 is 11.9 Å². The van der Waals surface area contributed by atoms with Crippen molar-refractivity contribution >= 4 is 35.5 Å². The molecular weight excluding hydrogens is 506 g/mol. The number of benzene rings is 1. The predicted octanol–water partition coefficient (Wildman–Crippen LogP) is 1.14. The summed E-state index contributed by atoms with van der Waals surface area (Å²) in [6.07, 6.45) is 4.01. The Morgan fingerprint density at radius 3 is 2.21 bits per heavy atom. The molecule has 1 aliphatic carbocycles. The molecule has 2 aliphatic heterocycles. The number of imide groups is 1. The Hall–Kier alpha value is -3.93. The van der Waals surface area contributed by atoms with Gasteiger partial charge in [-0.25, -0.2) is 14.4 Å². The van der Waals surface area contributed by atoms with Crippen molar-refractivity contribution < 1.29 is 34.2 Å². The molecule has 0 radical (unpaired) electrons. The fourth-order valence-electron chi connectivity index (χ4n) is 5.25. The molecule has 2 heterocycles. The van der Waals surface area contributed by atoms with Crippen LogP contribution in [0.15, 0.2) is 42.5 Å². The molecule has 0 spiro atoms. The Bertz CT molecular complexity index is 1040. The quantitative estimate of drug-likeness (QED) is 0.353. The number of aliphatic carboxylic acids is 2. The van der Waals surface area contributed by atoms with E-state index in [1.54, 1.807) is 0 Å². The van der Waals surface area contributed by atoms with Crippen molar-refractivity contribution in [2.75, 3.05) is 44.2 Å². The lowest BCUT2D eigenvalue weighted by atomic mass is 9.79. The predicted molar refractivity (Wildman–Crippen MR) is 143 cm³/mol. The Morgan fingerprint density at radius 2 is 1.62 bits per heavy atom. The van der Waals surface area contributed by atoms with Crippen molar-refractivity contribution in [3.05, 3.63) is 42.5 Å². The summed E-state index contributed by atoms with van der Waals surface area (Å²) >= 11 is 0. The van der Waals surface area contributed by atoms with Gasteiger partial charge in [-0.15, -0.1) is 0 Å². The first-order chi connectivity index (χ1) is 18.6. The number of urea groups is 1. The number of nitrogens with one attached hydrogen (secondary N) is 2. The number of carboxylic acid groups (broad SMARTS) is 2. The summed E-state index contributed by atoms with van der Waals surface area (Å²) in [6, 6.07) is 10.1. The summed E-state index contributed by atoms with van der Waals surface area (Å²) in [5, 5.41) is 21.6. The third-order valence-corrected chi connectivity index (χ3v) is 7.11. The van der Waals surface area contributed by atoms with Crippen molar-refractivity contribution in [1.29, 1.82) is 0 Å². The highest BCUT2D eigenvalue weighted by Gasteiger charge is 2.44. The van der Waals surface area contributed by atoms with Gasteiger partial charge >= 0.3 is 18.0 Å². The topological polar surface area (TPSA) is 160 Å². The molecule has 3 atom stereocenters. The molecule has 4 rings (SSSR count). The highest BCUT2D eigenvalue weighted by atomic mass is 16.4. The third-order valence-electron chi connectivity index (χ3n) is 7.11. The fraction of sp³-hybridized carbons (Fsp3) is 0.519. The van der Waals surface area contributed by atoms with Crippen molar-refractivity contribution in [3.8, 4) is 0 Å². The highest BCUT2D eigenvalue weighted by molar-refractivity contribution is 5.98. The number of para-hydroxylation sites is 1. The molecule has 2 saturated heterocycles. The number of hydrogen-bond acceptors (Lipinski definition) is 7. The normalized spacial score (nSPS) is 23.4. The standard InChI is InChI=1S/C23H33N5O3.C4H4O4/c1-17(29)24-18-8-9-21-20(16-18)22(30)28(23(31)25-21)11-5-10-26-12-14-27(15-13-26)19-6-3-2-4-7-19;5-3(6)1-2-4(7)8/h2-4,6-7,18,20-21H,5,8-16H2,1H3,(H,24,29)(H,25,31);1-2H,(H,5,6)(H,7,8)/b;2-1-. The number of hydrogen-bond donors (Lipinski definition) is 4. The number of anilines is 1. The molecule has 3 fully saturated rings. The van der Waals surface area contributed by atoms with Crippen LogP contribution in [-0.2, 0) is 19.2 Å². The molecule has 1 saturated carbocycles. The van der Waals surface area contributed by atoms with E-state index in [0.717, 1.165) is 52.0 Å². The summed E-state index contributed by atoms with van der Waals surface area (Å²) in [5.41, 5.74) is 1.26. The van der Waals surface area contributed by atoms with E-state index in [1.165, 1.54) is 17.5 Å². The molecule has 4 amide bonds. The Balaban J connectivity index is 0.000000459. The number of carbonyl (C=O) groups excluding carboxylic acids is 3. The molecule has 212 valence electrons. The van der Waals surface area contributed by atoms with Gasteiger partial charge < -0.3 is 25.7 Å². The zero-order valence-electron chi connectivity index (χ0n) is 22.1. The third kappa shape index (κ3) is 9.10. The van der Waals surface area contributed by atoms with Crippen LogP contribution in [0.1, 0.15) is 32.6 Å². The van der Waals surface area contributed by atoms with Gasteiger partial charge in [0.2, 0.25) is 11.8 Å². The van der Waals surface area contributed by atoms with Crippen LogP contribution >= 0.6 is 0 Å². The van der Waals surface area contributed by atoms with E-state index in [1.807, 2.05) is 6.07 Å². The number of piperazine rings is 1. The zero-order valence-corrected chi connectivity index (χ0v) is 22.1. The van der Waals surface area contributed by atoms with Gasteiger partial charge in [-0.05, 0) is 44.4 Å². The van der Waals surface area contributed by atoms with E-state index in [0.29, 0.717) is 25.1 Å². The van der Waals surface area contributed by atoms with Crippen LogP contribution in [0.5, 0.6) is 0 Å². The molecule has 0 bridgehead atoms. The molecule has 39 heavy (non-hydrogen) atoms. The van der Waals surface area contributed by atoms with Crippen molar-refractivity contribution in [1.82, 2.24) is 20.4 Å². The van der Waals surface area contributed by atoms with Crippen molar-refractivity contribution in [2.24, 2.45) is 5.92 Å².